The topological polar surface area (TPSA) is 76.4 Å². The summed E-state index contributed by atoms with van der Waals surface area (Å²) in [5.74, 6) is -0.802. The molecular weight excluding hydrogens is 385 g/mol. The van der Waals surface area contributed by atoms with Crippen molar-refractivity contribution in [2.75, 3.05) is 5.32 Å². The summed E-state index contributed by atoms with van der Waals surface area (Å²) < 4.78 is 30.2. The van der Waals surface area contributed by atoms with Gasteiger partial charge in [-0.1, -0.05) is 41.4 Å². The van der Waals surface area contributed by atoms with Crippen LogP contribution in [-0.2, 0) is 9.84 Å². The monoisotopic (exact) mass is 395 g/mol. The number of rotatable bonds is 4. The molecule has 1 heterocycles. The van der Waals surface area contributed by atoms with E-state index in [1.165, 1.54) is 36.4 Å². The molecule has 0 atom stereocenters. The molecular formula is C17H11Cl2NO4S. The van der Waals surface area contributed by atoms with Crippen LogP contribution in [0.3, 0.4) is 0 Å². The third-order valence-corrected chi connectivity index (χ3v) is 5.51. The Balaban J connectivity index is 1.86. The predicted molar refractivity (Wildman–Crippen MR) is 95.0 cm³/mol. The number of nitrogens with one attached hydrogen (secondary N) is 1. The van der Waals surface area contributed by atoms with Crippen molar-refractivity contribution in [1.82, 2.24) is 0 Å². The van der Waals surface area contributed by atoms with Gasteiger partial charge in [0.05, 0.1) is 15.6 Å². The Kier molecular flexibility index (Phi) is 4.85. The fourth-order valence-electron chi connectivity index (χ4n) is 2.08. The number of benzene rings is 2. The highest BCUT2D eigenvalue weighted by Crippen LogP contribution is 2.27. The largest absolute Gasteiger partial charge is 0.439 e. The molecule has 0 bridgehead atoms. The number of carbonyl (C=O) groups excluding carboxylic acids is 1. The van der Waals surface area contributed by atoms with Crippen molar-refractivity contribution in [2.24, 2.45) is 0 Å². The minimum Gasteiger partial charge on any atom is -0.439 e. The van der Waals surface area contributed by atoms with Gasteiger partial charge >= 0.3 is 0 Å². The average Bonchev–Trinajstić information content (AvgIpc) is 3.10. The molecule has 0 saturated heterocycles. The van der Waals surface area contributed by atoms with Crippen molar-refractivity contribution in [3.8, 4) is 0 Å². The molecule has 5 nitrogen and oxygen atoms in total. The Hall–Kier alpha value is -2.28. The molecule has 1 amide bonds. The molecule has 2 aromatic carbocycles. The smallest absolute Gasteiger partial charge is 0.291 e. The van der Waals surface area contributed by atoms with E-state index < -0.39 is 15.7 Å². The van der Waals surface area contributed by atoms with Gasteiger partial charge in [0, 0.05) is 5.02 Å². The van der Waals surface area contributed by atoms with Gasteiger partial charge in [-0.3, -0.25) is 4.79 Å². The summed E-state index contributed by atoms with van der Waals surface area (Å²) in [4.78, 5) is 12.3. The zero-order valence-electron chi connectivity index (χ0n) is 12.6. The Bertz CT molecular complexity index is 1030. The first-order valence-corrected chi connectivity index (χ1v) is 9.28. The number of halogens is 2. The lowest BCUT2D eigenvalue weighted by Gasteiger charge is -2.06. The molecule has 0 aliphatic rings. The van der Waals surface area contributed by atoms with Crippen LogP contribution in [0.1, 0.15) is 10.6 Å². The highest BCUT2D eigenvalue weighted by Gasteiger charge is 2.23. The highest BCUT2D eigenvalue weighted by molar-refractivity contribution is 7.91. The summed E-state index contributed by atoms with van der Waals surface area (Å²) in [6.07, 6.45) is 0. The van der Waals surface area contributed by atoms with Crippen molar-refractivity contribution in [1.29, 1.82) is 0 Å². The van der Waals surface area contributed by atoms with Crippen LogP contribution in [-0.4, -0.2) is 14.3 Å². The normalized spacial score (nSPS) is 11.3. The molecule has 0 unspecified atom stereocenters. The van der Waals surface area contributed by atoms with Gasteiger partial charge in [-0.2, -0.15) is 0 Å². The van der Waals surface area contributed by atoms with E-state index >= 15 is 0 Å². The molecule has 128 valence electrons. The summed E-state index contributed by atoms with van der Waals surface area (Å²) in [5, 5.41) is 2.90. The van der Waals surface area contributed by atoms with E-state index in [2.05, 4.69) is 5.32 Å². The zero-order chi connectivity index (χ0) is 18.0. The van der Waals surface area contributed by atoms with Crippen LogP contribution in [0.5, 0.6) is 0 Å². The predicted octanol–water partition coefficient (Wildman–Crippen LogP) is 4.67. The van der Waals surface area contributed by atoms with Crippen LogP contribution in [0.25, 0.3) is 0 Å². The van der Waals surface area contributed by atoms with E-state index in [-0.39, 0.29) is 15.7 Å². The van der Waals surface area contributed by atoms with Crippen molar-refractivity contribution >= 4 is 44.6 Å². The Labute approximate surface area is 154 Å². The van der Waals surface area contributed by atoms with Crippen molar-refractivity contribution < 1.29 is 17.6 Å². The first-order valence-electron chi connectivity index (χ1n) is 7.04. The maximum atomic E-state index is 12.5. The lowest BCUT2D eigenvalue weighted by atomic mass is 10.3. The molecule has 3 aromatic rings. The fourth-order valence-corrected chi connectivity index (χ4v) is 3.61. The molecule has 8 heteroatoms. The van der Waals surface area contributed by atoms with Gasteiger partial charge in [0.15, 0.2) is 5.76 Å². The van der Waals surface area contributed by atoms with Gasteiger partial charge in [-0.15, -0.1) is 0 Å². The quantitative estimate of drug-likeness (QED) is 0.695. The maximum Gasteiger partial charge on any atom is 0.291 e. The van der Waals surface area contributed by atoms with Crippen LogP contribution in [0.4, 0.5) is 5.69 Å². The number of furan rings is 1. The maximum absolute atomic E-state index is 12.5. The number of anilines is 1. The van der Waals surface area contributed by atoms with Crippen molar-refractivity contribution in [2.45, 2.75) is 9.99 Å². The second-order valence-corrected chi connectivity index (χ2v) is 7.74. The molecule has 3 rings (SSSR count). The van der Waals surface area contributed by atoms with Crippen molar-refractivity contribution in [3.63, 3.8) is 0 Å². The van der Waals surface area contributed by atoms with Crippen LogP contribution < -0.4 is 5.32 Å². The summed E-state index contributed by atoms with van der Waals surface area (Å²) in [6, 6.07) is 14.9. The number of sulfone groups is 1. The molecule has 0 fully saturated rings. The van der Waals surface area contributed by atoms with E-state index in [9.17, 15) is 13.2 Å². The fraction of sp³-hybridized carbons (Fsp3) is 0. The Morgan fingerprint density at radius 2 is 1.68 bits per heavy atom. The molecule has 1 aromatic heterocycles. The third kappa shape index (κ3) is 3.71. The van der Waals surface area contributed by atoms with E-state index in [4.69, 9.17) is 27.6 Å². The Morgan fingerprint density at radius 1 is 0.960 bits per heavy atom. The van der Waals surface area contributed by atoms with E-state index in [0.717, 1.165) is 0 Å². The first kappa shape index (κ1) is 17.5. The summed E-state index contributed by atoms with van der Waals surface area (Å²) in [7, 11) is -3.83. The van der Waals surface area contributed by atoms with Crippen LogP contribution >= 0.6 is 23.2 Å². The van der Waals surface area contributed by atoms with Gasteiger partial charge in [-0.25, -0.2) is 8.42 Å². The van der Waals surface area contributed by atoms with E-state index in [1.54, 1.807) is 24.3 Å². The first-order chi connectivity index (χ1) is 11.9. The Morgan fingerprint density at radius 3 is 2.40 bits per heavy atom. The second-order valence-electron chi connectivity index (χ2n) is 5.01. The number of hydrogen-bond donors (Lipinski definition) is 1. The zero-order valence-corrected chi connectivity index (χ0v) is 14.9. The average molecular weight is 396 g/mol. The van der Waals surface area contributed by atoms with Crippen LogP contribution in [0.2, 0.25) is 10.0 Å². The van der Waals surface area contributed by atoms with Gasteiger partial charge in [-0.05, 0) is 42.5 Å². The number of hydrogen-bond acceptors (Lipinski definition) is 4. The van der Waals surface area contributed by atoms with Gasteiger partial charge in [0.25, 0.3) is 5.91 Å². The van der Waals surface area contributed by atoms with Crippen molar-refractivity contribution in [3.05, 3.63) is 76.5 Å². The standard InChI is InChI=1S/C17H11Cl2NO4S/c18-11-6-7-13(19)14(10-11)20-17(21)15-8-9-16(24-15)25(22,23)12-4-2-1-3-5-12/h1-10H,(H,20,21). The van der Waals surface area contributed by atoms with Gasteiger partial charge in [0.2, 0.25) is 14.9 Å². The second kappa shape index (κ2) is 6.92. The molecule has 0 saturated carbocycles. The summed E-state index contributed by atoms with van der Waals surface area (Å²) in [6.45, 7) is 0. The lowest BCUT2D eigenvalue weighted by Crippen LogP contribution is -2.11. The summed E-state index contributed by atoms with van der Waals surface area (Å²) >= 11 is 11.9. The van der Waals surface area contributed by atoms with Crippen LogP contribution in [0, 0.1) is 0 Å². The van der Waals surface area contributed by atoms with Gasteiger partial charge < -0.3 is 9.73 Å². The van der Waals surface area contributed by atoms with E-state index in [0.29, 0.717) is 15.7 Å². The third-order valence-electron chi connectivity index (χ3n) is 3.30. The molecule has 0 aliphatic carbocycles. The minimum atomic E-state index is -3.83. The van der Waals surface area contributed by atoms with Crippen LogP contribution in [0.15, 0.2) is 75.1 Å². The number of amides is 1. The molecule has 0 radical (unpaired) electrons. The number of carbonyl (C=O) groups is 1. The molecule has 25 heavy (non-hydrogen) atoms. The summed E-state index contributed by atoms with van der Waals surface area (Å²) in [5.41, 5.74) is 0.294. The highest BCUT2D eigenvalue weighted by atomic mass is 35.5. The SMILES string of the molecule is O=C(Nc1cc(Cl)ccc1Cl)c1ccc(S(=O)(=O)c2ccccc2)o1. The van der Waals surface area contributed by atoms with E-state index in [1.807, 2.05) is 0 Å². The lowest BCUT2D eigenvalue weighted by molar-refractivity contribution is 0.0991. The minimum absolute atomic E-state index is 0.0780. The molecule has 0 spiro atoms. The van der Waals surface area contributed by atoms with Gasteiger partial charge in [0.1, 0.15) is 0 Å². The molecule has 1 N–H and O–H groups in total. The molecule has 0 aliphatic heterocycles.